The van der Waals surface area contributed by atoms with Gasteiger partial charge in [-0.25, -0.2) is 4.98 Å². The average molecular weight is 284 g/mol. The Morgan fingerprint density at radius 2 is 2.16 bits per heavy atom. The van der Waals surface area contributed by atoms with E-state index in [9.17, 15) is 4.79 Å². The van der Waals surface area contributed by atoms with E-state index in [1.165, 1.54) is 0 Å². The molecule has 1 aliphatic rings. The lowest BCUT2D eigenvalue weighted by Gasteiger charge is -2.35. The fourth-order valence-electron chi connectivity index (χ4n) is 2.24. The fourth-order valence-corrected chi connectivity index (χ4v) is 2.40. The number of ether oxygens (including phenoxy) is 1. The molecule has 1 aromatic heterocycles. The lowest BCUT2D eigenvalue weighted by atomic mass is 10.2. The van der Waals surface area contributed by atoms with Crippen molar-refractivity contribution in [2.45, 2.75) is 6.61 Å². The summed E-state index contributed by atoms with van der Waals surface area (Å²) in [6, 6.07) is 3.92. The third-order valence-corrected chi connectivity index (χ3v) is 3.44. The van der Waals surface area contributed by atoms with Gasteiger partial charge >= 0.3 is 0 Å². The molecule has 19 heavy (non-hydrogen) atoms. The standard InChI is InChI=1S/C13H18ClN3O2/c1-19-10-11-3-2-4-15-13(11)17-7-5-16(6-8-17)12(18)9-14/h2-4H,5-10H2,1H3. The van der Waals surface area contributed by atoms with Gasteiger partial charge in [0, 0.05) is 45.0 Å². The number of pyridine rings is 1. The molecule has 2 rings (SSSR count). The minimum absolute atomic E-state index is 0.000507. The zero-order valence-corrected chi connectivity index (χ0v) is 11.8. The maximum absolute atomic E-state index is 11.5. The van der Waals surface area contributed by atoms with Crippen LogP contribution in [0.1, 0.15) is 5.56 Å². The number of hydrogen-bond acceptors (Lipinski definition) is 4. The van der Waals surface area contributed by atoms with Gasteiger partial charge < -0.3 is 14.5 Å². The predicted molar refractivity (Wildman–Crippen MR) is 74.5 cm³/mol. The van der Waals surface area contributed by atoms with Crippen molar-refractivity contribution in [3.8, 4) is 0 Å². The van der Waals surface area contributed by atoms with Crippen molar-refractivity contribution in [1.29, 1.82) is 0 Å². The van der Waals surface area contributed by atoms with E-state index in [4.69, 9.17) is 16.3 Å². The molecule has 1 amide bonds. The monoisotopic (exact) mass is 283 g/mol. The van der Waals surface area contributed by atoms with Crippen molar-refractivity contribution < 1.29 is 9.53 Å². The lowest BCUT2D eigenvalue weighted by molar-refractivity contribution is -0.128. The van der Waals surface area contributed by atoms with Crippen molar-refractivity contribution in [3.05, 3.63) is 23.9 Å². The number of anilines is 1. The smallest absolute Gasteiger partial charge is 0.237 e. The van der Waals surface area contributed by atoms with Crippen LogP contribution >= 0.6 is 11.6 Å². The summed E-state index contributed by atoms with van der Waals surface area (Å²) < 4.78 is 5.19. The number of carbonyl (C=O) groups is 1. The molecule has 1 saturated heterocycles. The largest absolute Gasteiger partial charge is 0.380 e. The fraction of sp³-hybridized carbons (Fsp3) is 0.538. The first-order chi connectivity index (χ1) is 9.26. The number of aromatic nitrogens is 1. The molecule has 0 aliphatic carbocycles. The Bertz CT molecular complexity index is 434. The number of piperazine rings is 1. The van der Waals surface area contributed by atoms with E-state index in [2.05, 4.69) is 9.88 Å². The highest BCUT2D eigenvalue weighted by Crippen LogP contribution is 2.19. The van der Waals surface area contributed by atoms with E-state index in [1.807, 2.05) is 12.1 Å². The Morgan fingerprint density at radius 1 is 1.42 bits per heavy atom. The van der Waals surface area contributed by atoms with Crippen molar-refractivity contribution >= 4 is 23.3 Å². The second kappa shape index (κ2) is 6.73. The van der Waals surface area contributed by atoms with Crippen LogP contribution in [-0.2, 0) is 16.1 Å². The minimum Gasteiger partial charge on any atom is -0.380 e. The summed E-state index contributed by atoms with van der Waals surface area (Å²) in [5.74, 6) is 1.00. The number of halogens is 1. The average Bonchev–Trinajstić information content (AvgIpc) is 2.47. The van der Waals surface area contributed by atoms with Gasteiger partial charge in [-0.1, -0.05) is 6.07 Å². The van der Waals surface area contributed by atoms with Crippen molar-refractivity contribution in [1.82, 2.24) is 9.88 Å². The number of hydrogen-bond donors (Lipinski definition) is 0. The first-order valence-electron chi connectivity index (χ1n) is 6.27. The van der Waals surface area contributed by atoms with Gasteiger partial charge in [0.15, 0.2) is 0 Å². The number of amides is 1. The van der Waals surface area contributed by atoms with Crippen LogP contribution < -0.4 is 4.90 Å². The highest BCUT2D eigenvalue weighted by Gasteiger charge is 2.22. The summed E-state index contributed by atoms with van der Waals surface area (Å²) >= 11 is 5.57. The van der Waals surface area contributed by atoms with E-state index in [-0.39, 0.29) is 11.8 Å². The molecule has 5 nitrogen and oxygen atoms in total. The second-order valence-corrected chi connectivity index (χ2v) is 4.69. The van der Waals surface area contributed by atoms with Gasteiger partial charge in [0.05, 0.1) is 6.61 Å². The SMILES string of the molecule is COCc1cccnc1N1CCN(C(=O)CCl)CC1. The van der Waals surface area contributed by atoms with Crippen LogP contribution in [0.4, 0.5) is 5.82 Å². The molecule has 0 N–H and O–H groups in total. The minimum atomic E-state index is -0.000507. The number of methoxy groups -OCH3 is 1. The Morgan fingerprint density at radius 3 is 2.79 bits per heavy atom. The second-order valence-electron chi connectivity index (χ2n) is 4.42. The molecule has 0 aromatic carbocycles. The van der Waals surface area contributed by atoms with Crippen LogP contribution in [0, 0.1) is 0 Å². The molecule has 104 valence electrons. The zero-order valence-electron chi connectivity index (χ0n) is 11.0. The van der Waals surface area contributed by atoms with E-state index in [1.54, 1.807) is 18.2 Å². The first kappa shape index (κ1) is 14.1. The van der Waals surface area contributed by atoms with E-state index in [0.717, 1.165) is 24.5 Å². The molecule has 1 fully saturated rings. The molecule has 1 aromatic rings. The predicted octanol–water partition coefficient (Wildman–Crippen LogP) is 1.12. The molecule has 2 heterocycles. The van der Waals surface area contributed by atoms with Gasteiger partial charge in [0.25, 0.3) is 0 Å². The number of rotatable bonds is 4. The third kappa shape index (κ3) is 3.36. The maximum Gasteiger partial charge on any atom is 0.237 e. The summed E-state index contributed by atoms with van der Waals surface area (Å²) in [6.07, 6.45) is 1.78. The van der Waals surface area contributed by atoms with E-state index in [0.29, 0.717) is 19.7 Å². The van der Waals surface area contributed by atoms with Gasteiger partial charge in [0.1, 0.15) is 11.7 Å². The Labute approximate surface area is 118 Å². The molecule has 0 bridgehead atoms. The maximum atomic E-state index is 11.5. The molecule has 1 aliphatic heterocycles. The van der Waals surface area contributed by atoms with Crippen LogP contribution in [0.5, 0.6) is 0 Å². The van der Waals surface area contributed by atoms with E-state index >= 15 is 0 Å². The lowest BCUT2D eigenvalue weighted by Crippen LogP contribution is -2.49. The van der Waals surface area contributed by atoms with Gasteiger partial charge in [-0.2, -0.15) is 0 Å². The summed E-state index contributed by atoms with van der Waals surface area (Å²) in [5, 5.41) is 0. The molecule has 0 spiro atoms. The van der Waals surface area contributed by atoms with Crippen LogP contribution in [0.25, 0.3) is 0 Å². The molecular formula is C13H18ClN3O2. The van der Waals surface area contributed by atoms with E-state index < -0.39 is 0 Å². The molecule has 0 radical (unpaired) electrons. The van der Waals surface area contributed by atoms with Crippen molar-refractivity contribution in [3.63, 3.8) is 0 Å². The quantitative estimate of drug-likeness (QED) is 0.777. The summed E-state index contributed by atoms with van der Waals surface area (Å²) in [5.41, 5.74) is 1.07. The molecule has 0 unspecified atom stereocenters. The van der Waals surface area contributed by atoms with Crippen molar-refractivity contribution in [2.75, 3.05) is 44.1 Å². The third-order valence-electron chi connectivity index (χ3n) is 3.21. The van der Waals surface area contributed by atoms with Crippen LogP contribution in [0.3, 0.4) is 0 Å². The van der Waals surface area contributed by atoms with Crippen molar-refractivity contribution in [2.24, 2.45) is 0 Å². The summed E-state index contributed by atoms with van der Waals surface area (Å²) in [6.45, 7) is 3.47. The van der Waals surface area contributed by atoms with Gasteiger partial charge in [-0.05, 0) is 6.07 Å². The summed E-state index contributed by atoms with van der Waals surface area (Å²) in [7, 11) is 1.67. The number of carbonyl (C=O) groups excluding carboxylic acids is 1. The van der Waals surface area contributed by atoms with Gasteiger partial charge in [-0.15, -0.1) is 11.6 Å². The Balaban J connectivity index is 2.03. The molecule has 0 saturated carbocycles. The molecule has 6 heteroatoms. The number of nitrogens with zero attached hydrogens (tertiary/aromatic N) is 3. The van der Waals surface area contributed by atoms with Crippen LogP contribution in [-0.4, -0.2) is 55.0 Å². The van der Waals surface area contributed by atoms with Gasteiger partial charge in [0.2, 0.25) is 5.91 Å². The topological polar surface area (TPSA) is 45.7 Å². The zero-order chi connectivity index (χ0) is 13.7. The first-order valence-corrected chi connectivity index (χ1v) is 6.81. The Kier molecular flexibility index (Phi) is 4.99. The van der Waals surface area contributed by atoms with Crippen LogP contribution in [0.2, 0.25) is 0 Å². The highest BCUT2D eigenvalue weighted by molar-refractivity contribution is 6.27. The summed E-state index contributed by atoms with van der Waals surface area (Å²) in [4.78, 5) is 19.9. The number of alkyl halides is 1. The normalized spacial score (nSPS) is 15.7. The Hall–Kier alpha value is -1.33. The molecule has 0 atom stereocenters. The van der Waals surface area contributed by atoms with Gasteiger partial charge in [-0.3, -0.25) is 4.79 Å². The highest BCUT2D eigenvalue weighted by atomic mass is 35.5. The molecular weight excluding hydrogens is 266 g/mol. The van der Waals surface area contributed by atoms with Crippen LogP contribution in [0.15, 0.2) is 18.3 Å².